The normalized spacial score (nSPS) is 15.1. The summed E-state index contributed by atoms with van der Waals surface area (Å²) >= 11 is 0. The average Bonchev–Trinajstić information content (AvgIpc) is 3.15. The van der Waals surface area contributed by atoms with Gasteiger partial charge in [-0.25, -0.2) is 4.39 Å². The van der Waals surface area contributed by atoms with Crippen LogP contribution in [0.4, 0.5) is 4.39 Å². The maximum atomic E-state index is 13.8. The number of halogens is 3. The van der Waals surface area contributed by atoms with Crippen molar-refractivity contribution in [3.8, 4) is 0 Å². The third kappa shape index (κ3) is 5.19. The Morgan fingerprint density at radius 2 is 1.70 bits per heavy atom. The predicted molar refractivity (Wildman–Crippen MR) is 115 cm³/mol. The predicted octanol–water partition coefficient (Wildman–Crippen LogP) is 5.84. The average molecular weight is 407 g/mol. The maximum absolute atomic E-state index is 13.8. The smallest absolute Gasteiger partial charge is 0.123 e. The van der Waals surface area contributed by atoms with Gasteiger partial charge in [-0.05, 0) is 74.3 Å². The van der Waals surface area contributed by atoms with Gasteiger partial charge in [0.15, 0.2) is 0 Å². The Morgan fingerprint density at radius 3 is 2.48 bits per heavy atom. The van der Waals surface area contributed by atoms with Crippen LogP contribution in [0.25, 0.3) is 10.9 Å². The SMILES string of the molecule is Cl.Cl.Fc1cccc(C(CCN2CCCC2)c2ccc3cccnc3c2)c1. The van der Waals surface area contributed by atoms with Crippen LogP contribution in [-0.4, -0.2) is 29.5 Å². The van der Waals surface area contributed by atoms with E-state index in [-0.39, 0.29) is 36.5 Å². The Balaban J connectivity index is 0.00000131. The van der Waals surface area contributed by atoms with Crippen LogP contribution >= 0.6 is 24.8 Å². The highest BCUT2D eigenvalue weighted by Crippen LogP contribution is 2.31. The number of rotatable bonds is 5. The summed E-state index contributed by atoms with van der Waals surface area (Å²) in [7, 11) is 0. The number of benzene rings is 2. The monoisotopic (exact) mass is 406 g/mol. The molecule has 3 aromatic rings. The summed E-state index contributed by atoms with van der Waals surface area (Å²) in [6.45, 7) is 3.44. The third-order valence-corrected chi connectivity index (χ3v) is 5.22. The van der Waals surface area contributed by atoms with E-state index in [2.05, 4.69) is 34.1 Å². The molecule has 5 heteroatoms. The van der Waals surface area contributed by atoms with Crippen molar-refractivity contribution in [1.82, 2.24) is 9.88 Å². The van der Waals surface area contributed by atoms with Gasteiger partial charge in [0, 0.05) is 17.5 Å². The number of hydrogen-bond donors (Lipinski definition) is 0. The fourth-order valence-electron chi connectivity index (χ4n) is 3.87. The van der Waals surface area contributed by atoms with Gasteiger partial charge in [-0.15, -0.1) is 24.8 Å². The number of aromatic nitrogens is 1. The van der Waals surface area contributed by atoms with Crippen molar-refractivity contribution < 1.29 is 4.39 Å². The Bertz CT molecular complexity index is 866. The lowest BCUT2D eigenvalue weighted by Gasteiger charge is -2.22. The van der Waals surface area contributed by atoms with Crippen LogP contribution in [0.3, 0.4) is 0 Å². The highest BCUT2D eigenvalue weighted by Gasteiger charge is 2.19. The molecule has 144 valence electrons. The second kappa shape index (κ2) is 10.0. The molecule has 0 bridgehead atoms. The molecule has 1 aliphatic heterocycles. The summed E-state index contributed by atoms with van der Waals surface area (Å²) in [6.07, 6.45) is 5.42. The molecule has 1 atom stereocenters. The number of likely N-dealkylation sites (tertiary alicyclic amines) is 1. The molecule has 0 radical (unpaired) electrons. The molecule has 1 aliphatic rings. The number of pyridine rings is 1. The molecule has 1 unspecified atom stereocenters. The van der Waals surface area contributed by atoms with E-state index in [4.69, 9.17) is 0 Å². The zero-order valence-electron chi connectivity index (χ0n) is 15.2. The summed E-state index contributed by atoms with van der Waals surface area (Å²) in [5.74, 6) is 0.0327. The minimum Gasteiger partial charge on any atom is -0.303 e. The summed E-state index contributed by atoms with van der Waals surface area (Å²) in [6, 6.07) is 17.5. The molecule has 2 heterocycles. The second-order valence-electron chi connectivity index (χ2n) is 6.90. The topological polar surface area (TPSA) is 16.1 Å². The standard InChI is InChI=1S/C22H23FN2.2ClH/c23-20-7-3-5-18(15-20)21(10-14-25-12-1-2-13-25)19-9-8-17-6-4-11-24-22(17)16-19;;/h3-9,11,15-16,21H,1-2,10,12-14H2;2*1H. The highest BCUT2D eigenvalue weighted by atomic mass is 35.5. The molecule has 2 aromatic carbocycles. The van der Waals surface area contributed by atoms with Gasteiger partial charge in [-0.3, -0.25) is 4.98 Å². The van der Waals surface area contributed by atoms with E-state index in [1.807, 2.05) is 24.4 Å². The van der Waals surface area contributed by atoms with Crippen LogP contribution in [0, 0.1) is 5.82 Å². The summed E-state index contributed by atoms with van der Waals surface area (Å²) in [5, 5.41) is 1.14. The molecule has 0 amide bonds. The lowest BCUT2D eigenvalue weighted by Crippen LogP contribution is -2.22. The molecule has 0 N–H and O–H groups in total. The molecule has 4 rings (SSSR count). The lowest BCUT2D eigenvalue weighted by atomic mass is 9.87. The zero-order chi connectivity index (χ0) is 17.1. The first-order chi connectivity index (χ1) is 12.3. The largest absolute Gasteiger partial charge is 0.303 e. The van der Waals surface area contributed by atoms with Gasteiger partial charge in [0.25, 0.3) is 0 Å². The van der Waals surface area contributed by atoms with Crippen molar-refractivity contribution in [3.63, 3.8) is 0 Å². The van der Waals surface area contributed by atoms with Crippen molar-refractivity contribution in [2.45, 2.75) is 25.2 Å². The van der Waals surface area contributed by atoms with E-state index in [1.54, 1.807) is 6.07 Å². The number of fused-ring (bicyclic) bond motifs is 1. The molecular weight excluding hydrogens is 382 g/mol. The fourth-order valence-corrected chi connectivity index (χ4v) is 3.87. The lowest BCUT2D eigenvalue weighted by molar-refractivity contribution is 0.327. The van der Waals surface area contributed by atoms with Crippen molar-refractivity contribution >= 4 is 35.7 Å². The van der Waals surface area contributed by atoms with E-state index in [9.17, 15) is 4.39 Å². The van der Waals surface area contributed by atoms with Gasteiger partial charge in [-0.1, -0.05) is 30.3 Å². The fraction of sp³-hybridized carbons (Fsp3) is 0.318. The third-order valence-electron chi connectivity index (χ3n) is 5.22. The van der Waals surface area contributed by atoms with E-state index in [0.29, 0.717) is 0 Å². The Morgan fingerprint density at radius 1 is 0.926 bits per heavy atom. The van der Waals surface area contributed by atoms with E-state index in [1.165, 1.54) is 37.6 Å². The van der Waals surface area contributed by atoms with Crippen LogP contribution < -0.4 is 0 Å². The van der Waals surface area contributed by atoms with Crippen molar-refractivity contribution in [2.24, 2.45) is 0 Å². The Labute approximate surface area is 172 Å². The van der Waals surface area contributed by atoms with Crippen LogP contribution in [0.2, 0.25) is 0 Å². The summed E-state index contributed by atoms with van der Waals surface area (Å²) < 4.78 is 13.8. The summed E-state index contributed by atoms with van der Waals surface area (Å²) in [5.41, 5.74) is 3.27. The van der Waals surface area contributed by atoms with Crippen molar-refractivity contribution in [2.75, 3.05) is 19.6 Å². The first-order valence-corrected chi connectivity index (χ1v) is 9.12. The van der Waals surface area contributed by atoms with Crippen LogP contribution in [0.15, 0.2) is 60.8 Å². The first kappa shape index (κ1) is 21.6. The Hall–Kier alpha value is -1.68. The molecule has 1 saturated heterocycles. The maximum Gasteiger partial charge on any atom is 0.123 e. The van der Waals surface area contributed by atoms with E-state index < -0.39 is 0 Å². The molecule has 2 nitrogen and oxygen atoms in total. The molecule has 1 aromatic heterocycles. The molecule has 1 fully saturated rings. The van der Waals surface area contributed by atoms with Crippen molar-refractivity contribution in [1.29, 1.82) is 0 Å². The van der Waals surface area contributed by atoms with Gasteiger partial charge in [0.05, 0.1) is 5.52 Å². The van der Waals surface area contributed by atoms with E-state index >= 15 is 0 Å². The molecule has 0 saturated carbocycles. The van der Waals surface area contributed by atoms with Gasteiger partial charge in [0.2, 0.25) is 0 Å². The van der Waals surface area contributed by atoms with Gasteiger partial charge >= 0.3 is 0 Å². The molecule has 27 heavy (non-hydrogen) atoms. The van der Waals surface area contributed by atoms with Crippen LogP contribution in [0.5, 0.6) is 0 Å². The minimum atomic E-state index is -0.164. The first-order valence-electron chi connectivity index (χ1n) is 9.12. The Kier molecular flexibility index (Phi) is 8.03. The van der Waals surface area contributed by atoms with Gasteiger partial charge < -0.3 is 4.90 Å². The quantitative estimate of drug-likeness (QED) is 0.529. The number of nitrogens with zero attached hydrogens (tertiary/aromatic N) is 2. The van der Waals surface area contributed by atoms with Crippen LogP contribution in [0.1, 0.15) is 36.3 Å². The zero-order valence-corrected chi connectivity index (χ0v) is 16.8. The number of hydrogen-bond acceptors (Lipinski definition) is 2. The minimum absolute atomic E-state index is 0. The highest BCUT2D eigenvalue weighted by molar-refractivity contribution is 5.85. The second-order valence-corrected chi connectivity index (χ2v) is 6.90. The molecular formula is C22H25Cl2FN2. The van der Waals surface area contributed by atoms with Crippen LogP contribution in [-0.2, 0) is 0 Å². The van der Waals surface area contributed by atoms with Gasteiger partial charge in [0.1, 0.15) is 5.82 Å². The van der Waals surface area contributed by atoms with E-state index in [0.717, 1.165) is 29.4 Å². The summed E-state index contributed by atoms with van der Waals surface area (Å²) in [4.78, 5) is 7.01. The molecule has 0 aliphatic carbocycles. The molecule has 0 spiro atoms. The van der Waals surface area contributed by atoms with Gasteiger partial charge in [-0.2, -0.15) is 0 Å². The van der Waals surface area contributed by atoms with Crippen molar-refractivity contribution in [3.05, 3.63) is 77.7 Å².